The fourth-order valence-electron chi connectivity index (χ4n) is 1.48. The van der Waals surface area contributed by atoms with E-state index in [1.165, 1.54) is 0 Å². The SMILES string of the molecule is CC(N)C(C)(C)CN1CCOCC1. The van der Waals surface area contributed by atoms with Gasteiger partial charge in [-0.05, 0) is 12.3 Å². The number of morpholine rings is 1. The first-order valence-electron chi connectivity index (χ1n) is 5.08. The molecule has 1 saturated heterocycles. The van der Waals surface area contributed by atoms with Gasteiger partial charge in [0.2, 0.25) is 0 Å². The van der Waals surface area contributed by atoms with Crippen molar-refractivity contribution in [3.8, 4) is 0 Å². The molecule has 0 saturated carbocycles. The first-order valence-corrected chi connectivity index (χ1v) is 5.08. The second-order valence-corrected chi connectivity index (χ2v) is 4.67. The average Bonchev–Trinajstić information content (AvgIpc) is 2.05. The molecule has 1 unspecified atom stereocenters. The monoisotopic (exact) mass is 186 g/mol. The van der Waals surface area contributed by atoms with Gasteiger partial charge in [0.1, 0.15) is 0 Å². The number of nitrogens with zero attached hydrogens (tertiary/aromatic N) is 1. The van der Waals surface area contributed by atoms with Crippen LogP contribution in [0.15, 0.2) is 0 Å². The third-order valence-electron chi connectivity index (χ3n) is 2.97. The van der Waals surface area contributed by atoms with Crippen LogP contribution in [0.1, 0.15) is 20.8 Å². The Balaban J connectivity index is 2.37. The lowest BCUT2D eigenvalue weighted by Crippen LogP contribution is -2.47. The van der Waals surface area contributed by atoms with E-state index < -0.39 is 0 Å². The average molecular weight is 186 g/mol. The van der Waals surface area contributed by atoms with Crippen molar-refractivity contribution in [2.75, 3.05) is 32.8 Å². The Morgan fingerprint density at radius 3 is 2.38 bits per heavy atom. The molecule has 0 aliphatic carbocycles. The summed E-state index contributed by atoms with van der Waals surface area (Å²) in [4.78, 5) is 2.44. The highest BCUT2D eigenvalue weighted by molar-refractivity contribution is 4.82. The van der Waals surface area contributed by atoms with Crippen molar-refractivity contribution in [3.05, 3.63) is 0 Å². The van der Waals surface area contributed by atoms with Gasteiger partial charge in [0, 0.05) is 25.7 Å². The number of nitrogens with two attached hydrogens (primary N) is 1. The second-order valence-electron chi connectivity index (χ2n) is 4.67. The van der Waals surface area contributed by atoms with Gasteiger partial charge in [-0.15, -0.1) is 0 Å². The number of hydrogen-bond acceptors (Lipinski definition) is 3. The molecular formula is C10H22N2O. The maximum Gasteiger partial charge on any atom is 0.0594 e. The Bertz CT molecular complexity index is 151. The molecule has 0 bridgehead atoms. The number of ether oxygens (including phenoxy) is 1. The molecule has 0 amide bonds. The standard InChI is InChI=1S/C10H22N2O/c1-9(11)10(2,3)8-12-4-6-13-7-5-12/h9H,4-8,11H2,1-3H3. The highest BCUT2D eigenvalue weighted by Gasteiger charge is 2.26. The lowest BCUT2D eigenvalue weighted by Gasteiger charge is -2.37. The molecule has 1 aliphatic heterocycles. The molecule has 2 N–H and O–H groups in total. The van der Waals surface area contributed by atoms with Gasteiger partial charge in [-0.2, -0.15) is 0 Å². The summed E-state index contributed by atoms with van der Waals surface area (Å²) in [6.45, 7) is 11.5. The van der Waals surface area contributed by atoms with Crippen LogP contribution in [0.5, 0.6) is 0 Å². The molecule has 1 aliphatic rings. The molecule has 1 atom stereocenters. The quantitative estimate of drug-likeness (QED) is 0.705. The minimum atomic E-state index is 0.206. The van der Waals surface area contributed by atoms with Crippen molar-refractivity contribution in [1.82, 2.24) is 4.90 Å². The highest BCUT2D eigenvalue weighted by Crippen LogP contribution is 2.20. The summed E-state index contributed by atoms with van der Waals surface area (Å²) < 4.78 is 5.30. The minimum absolute atomic E-state index is 0.206. The zero-order valence-corrected chi connectivity index (χ0v) is 9.05. The fraction of sp³-hybridized carbons (Fsp3) is 1.00. The minimum Gasteiger partial charge on any atom is -0.379 e. The Labute approximate surface area is 81.2 Å². The molecule has 0 aromatic rings. The second kappa shape index (κ2) is 4.40. The summed E-state index contributed by atoms with van der Waals surface area (Å²) in [5.41, 5.74) is 6.14. The predicted molar refractivity (Wildman–Crippen MR) is 54.7 cm³/mol. The summed E-state index contributed by atoms with van der Waals surface area (Å²) in [7, 11) is 0. The molecule has 0 spiro atoms. The van der Waals surface area contributed by atoms with Crippen LogP contribution < -0.4 is 5.73 Å². The van der Waals surface area contributed by atoms with Crippen LogP contribution >= 0.6 is 0 Å². The summed E-state index contributed by atoms with van der Waals surface area (Å²) in [5, 5.41) is 0. The van der Waals surface area contributed by atoms with Crippen LogP contribution in [-0.4, -0.2) is 43.8 Å². The van der Waals surface area contributed by atoms with Gasteiger partial charge < -0.3 is 10.5 Å². The topological polar surface area (TPSA) is 38.5 Å². The lowest BCUT2D eigenvalue weighted by molar-refractivity contribution is 0.0182. The summed E-state index contributed by atoms with van der Waals surface area (Å²) >= 11 is 0. The normalized spacial score (nSPS) is 23.1. The largest absolute Gasteiger partial charge is 0.379 e. The molecule has 3 nitrogen and oxygen atoms in total. The van der Waals surface area contributed by atoms with E-state index in [1.807, 2.05) is 0 Å². The number of rotatable bonds is 3. The van der Waals surface area contributed by atoms with E-state index in [2.05, 4.69) is 25.7 Å². The maximum atomic E-state index is 5.93. The van der Waals surface area contributed by atoms with Crippen LogP contribution in [0.2, 0.25) is 0 Å². The summed E-state index contributed by atoms with van der Waals surface area (Å²) in [5.74, 6) is 0. The summed E-state index contributed by atoms with van der Waals surface area (Å²) in [6, 6.07) is 0.246. The van der Waals surface area contributed by atoms with Crippen LogP contribution in [0, 0.1) is 5.41 Å². The Hall–Kier alpha value is -0.120. The lowest BCUT2D eigenvalue weighted by atomic mass is 9.85. The van der Waals surface area contributed by atoms with Crippen molar-refractivity contribution in [2.45, 2.75) is 26.8 Å². The number of hydrogen-bond donors (Lipinski definition) is 1. The zero-order valence-electron chi connectivity index (χ0n) is 9.05. The van der Waals surface area contributed by atoms with E-state index in [9.17, 15) is 0 Å². The van der Waals surface area contributed by atoms with Crippen molar-refractivity contribution < 1.29 is 4.74 Å². The van der Waals surface area contributed by atoms with E-state index in [0.717, 1.165) is 32.8 Å². The molecule has 78 valence electrons. The van der Waals surface area contributed by atoms with Crippen LogP contribution in [0.4, 0.5) is 0 Å². The molecule has 1 rings (SSSR count). The van der Waals surface area contributed by atoms with E-state index in [1.54, 1.807) is 0 Å². The first kappa shape index (κ1) is 11.0. The van der Waals surface area contributed by atoms with Gasteiger partial charge in [0.25, 0.3) is 0 Å². The van der Waals surface area contributed by atoms with Gasteiger partial charge in [-0.25, -0.2) is 0 Å². The van der Waals surface area contributed by atoms with Crippen molar-refractivity contribution in [2.24, 2.45) is 11.1 Å². The first-order chi connectivity index (χ1) is 6.02. The van der Waals surface area contributed by atoms with E-state index in [-0.39, 0.29) is 11.5 Å². The van der Waals surface area contributed by atoms with Crippen LogP contribution in [0.3, 0.4) is 0 Å². The molecule has 0 aromatic carbocycles. The third-order valence-corrected chi connectivity index (χ3v) is 2.97. The van der Waals surface area contributed by atoms with Gasteiger partial charge in [-0.3, -0.25) is 4.90 Å². The highest BCUT2D eigenvalue weighted by atomic mass is 16.5. The van der Waals surface area contributed by atoms with Crippen molar-refractivity contribution in [3.63, 3.8) is 0 Å². The summed E-state index contributed by atoms with van der Waals surface area (Å²) in [6.07, 6.45) is 0. The molecule has 1 heterocycles. The molecule has 0 aromatic heterocycles. The predicted octanol–water partition coefficient (Wildman–Crippen LogP) is 0.692. The molecule has 0 radical (unpaired) electrons. The van der Waals surface area contributed by atoms with Crippen molar-refractivity contribution >= 4 is 0 Å². The van der Waals surface area contributed by atoms with E-state index >= 15 is 0 Å². The smallest absolute Gasteiger partial charge is 0.0594 e. The maximum absolute atomic E-state index is 5.93. The molecule has 1 fully saturated rings. The Morgan fingerprint density at radius 1 is 1.38 bits per heavy atom. The van der Waals surface area contributed by atoms with Crippen molar-refractivity contribution in [1.29, 1.82) is 0 Å². The van der Waals surface area contributed by atoms with Crippen LogP contribution in [-0.2, 0) is 4.74 Å². The Kier molecular flexibility index (Phi) is 3.71. The van der Waals surface area contributed by atoms with Gasteiger partial charge in [-0.1, -0.05) is 13.8 Å². The van der Waals surface area contributed by atoms with Crippen LogP contribution in [0.25, 0.3) is 0 Å². The molecule has 3 heteroatoms. The van der Waals surface area contributed by atoms with Gasteiger partial charge >= 0.3 is 0 Å². The Morgan fingerprint density at radius 2 is 1.92 bits per heavy atom. The molecular weight excluding hydrogens is 164 g/mol. The zero-order chi connectivity index (χ0) is 9.90. The van der Waals surface area contributed by atoms with E-state index in [0.29, 0.717) is 0 Å². The van der Waals surface area contributed by atoms with Gasteiger partial charge in [0.15, 0.2) is 0 Å². The third kappa shape index (κ3) is 3.25. The molecule has 13 heavy (non-hydrogen) atoms. The fourth-order valence-corrected chi connectivity index (χ4v) is 1.48. The van der Waals surface area contributed by atoms with E-state index in [4.69, 9.17) is 10.5 Å². The van der Waals surface area contributed by atoms with Gasteiger partial charge in [0.05, 0.1) is 13.2 Å².